The fraction of sp³-hybridized carbons (Fsp3) is 0.375. The molecule has 4 rings (SSSR count). The van der Waals surface area contributed by atoms with Crippen molar-refractivity contribution in [3.63, 3.8) is 0 Å². The molecule has 1 aliphatic rings. The highest BCUT2D eigenvalue weighted by molar-refractivity contribution is 6.02. The molecule has 2 aromatic carbocycles. The molecule has 0 saturated heterocycles. The first-order valence-corrected chi connectivity index (χ1v) is 14.0. The topological polar surface area (TPSA) is 91.4 Å². The molecule has 0 unspecified atom stereocenters. The van der Waals surface area contributed by atoms with Crippen molar-refractivity contribution < 1.29 is 18.8 Å². The van der Waals surface area contributed by atoms with Gasteiger partial charge in [-0.25, -0.2) is 9.37 Å². The predicted octanol–water partition coefficient (Wildman–Crippen LogP) is 6.17. The minimum Gasteiger partial charge on any atom is -0.351 e. The molecule has 1 fully saturated rings. The van der Waals surface area contributed by atoms with Crippen LogP contribution in [-0.4, -0.2) is 28.7 Å². The van der Waals surface area contributed by atoms with Crippen molar-refractivity contribution in [2.75, 3.05) is 10.2 Å². The number of amides is 3. The fourth-order valence-electron chi connectivity index (χ4n) is 5.25. The summed E-state index contributed by atoms with van der Waals surface area (Å²) >= 11 is 0. The summed E-state index contributed by atoms with van der Waals surface area (Å²) in [5.74, 6) is -0.787. The minimum absolute atomic E-state index is 0.0376. The maximum absolute atomic E-state index is 13.9. The highest BCUT2D eigenvalue weighted by Crippen LogP contribution is 2.33. The lowest BCUT2D eigenvalue weighted by Gasteiger charge is -2.34. The average Bonchev–Trinajstić information content (AvgIpc) is 2.94. The van der Waals surface area contributed by atoms with Crippen LogP contribution in [0.15, 0.2) is 66.9 Å². The smallest absolute Gasteiger partial charge is 0.248 e. The Balaban J connectivity index is 1.60. The van der Waals surface area contributed by atoms with Crippen molar-refractivity contribution in [3.8, 4) is 0 Å². The number of anilines is 2. The summed E-state index contributed by atoms with van der Waals surface area (Å²) in [5, 5.41) is 5.91. The molecule has 1 aliphatic carbocycles. The summed E-state index contributed by atoms with van der Waals surface area (Å²) in [7, 11) is 0. The van der Waals surface area contributed by atoms with E-state index in [0.717, 1.165) is 43.2 Å². The third-order valence-corrected chi connectivity index (χ3v) is 7.25. The van der Waals surface area contributed by atoms with Crippen molar-refractivity contribution in [2.24, 2.45) is 0 Å². The lowest BCUT2D eigenvalue weighted by atomic mass is 9.94. The fourth-order valence-corrected chi connectivity index (χ4v) is 5.25. The van der Waals surface area contributed by atoms with Crippen LogP contribution in [0.3, 0.4) is 0 Å². The third-order valence-electron chi connectivity index (χ3n) is 7.25. The summed E-state index contributed by atoms with van der Waals surface area (Å²) in [6.45, 7) is 3.88. The average molecular weight is 545 g/mol. The van der Waals surface area contributed by atoms with Gasteiger partial charge in [-0.15, -0.1) is 0 Å². The first-order chi connectivity index (χ1) is 19.3. The van der Waals surface area contributed by atoms with Gasteiger partial charge in [0.25, 0.3) is 0 Å². The van der Waals surface area contributed by atoms with E-state index in [-0.39, 0.29) is 36.6 Å². The second kappa shape index (κ2) is 13.8. The van der Waals surface area contributed by atoms with Crippen molar-refractivity contribution in [3.05, 3.63) is 89.4 Å². The number of aryl methyl sites for hydroxylation is 2. The molecule has 3 amide bonds. The number of aromatic nitrogens is 1. The molecule has 40 heavy (non-hydrogen) atoms. The number of benzene rings is 2. The van der Waals surface area contributed by atoms with Crippen molar-refractivity contribution >= 4 is 29.2 Å². The van der Waals surface area contributed by atoms with Crippen molar-refractivity contribution in [2.45, 2.75) is 77.3 Å². The van der Waals surface area contributed by atoms with Gasteiger partial charge in [0.1, 0.15) is 17.7 Å². The Morgan fingerprint density at radius 2 is 1.73 bits per heavy atom. The molecule has 1 saturated carbocycles. The maximum atomic E-state index is 13.9. The van der Waals surface area contributed by atoms with Crippen LogP contribution in [0.25, 0.3) is 0 Å². The van der Waals surface area contributed by atoms with Gasteiger partial charge >= 0.3 is 0 Å². The molecule has 0 bridgehead atoms. The van der Waals surface area contributed by atoms with Crippen molar-refractivity contribution in [1.29, 1.82) is 0 Å². The van der Waals surface area contributed by atoms with Crippen LogP contribution in [0.2, 0.25) is 0 Å². The molecular weight excluding hydrogens is 507 g/mol. The van der Waals surface area contributed by atoms with Gasteiger partial charge < -0.3 is 10.6 Å². The van der Waals surface area contributed by atoms with E-state index in [1.165, 1.54) is 17.0 Å². The zero-order chi connectivity index (χ0) is 28.5. The van der Waals surface area contributed by atoms with E-state index in [9.17, 15) is 18.8 Å². The zero-order valence-corrected chi connectivity index (χ0v) is 23.2. The summed E-state index contributed by atoms with van der Waals surface area (Å²) in [6.07, 6.45) is 7.09. The van der Waals surface area contributed by atoms with E-state index in [1.54, 1.807) is 36.5 Å². The van der Waals surface area contributed by atoms with Gasteiger partial charge in [0.15, 0.2) is 0 Å². The number of carbonyl (C=O) groups is 3. The Morgan fingerprint density at radius 3 is 2.40 bits per heavy atom. The lowest BCUT2D eigenvalue weighted by molar-refractivity contribution is -0.127. The molecule has 1 heterocycles. The molecule has 8 heteroatoms. The van der Waals surface area contributed by atoms with Gasteiger partial charge in [-0.05, 0) is 74.6 Å². The molecule has 0 spiro atoms. The van der Waals surface area contributed by atoms with Gasteiger partial charge in [-0.1, -0.05) is 55.2 Å². The molecule has 0 radical (unpaired) electrons. The van der Waals surface area contributed by atoms with Gasteiger partial charge in [0.05, 0.1) is 0 Å². The number of halogens is 1. The quantitative estimate of drug-likeness (QED) is 0.319. The molecule has 0 aliphatic heterocycles. The predicted molar refractivity (Wildman–Crippen MR) is 154 cm³/mol. The number of carbonyl (C=O) groups excluding carboxylic acids is 3. The Hall–Kier alpha value is -4.07. The summed E-state index contributed by atoms with van der Waals surface area (Å²) in [5.41, 5.74) is 3.02. The highest BCUT2D eigenvalue weighted by Gasteiger charge is 2.34. The van der Waals surface area contributed by atoms with E-state index in [0.29, 0.717) is 23.5 Å². The second-order valence-corrected chi connectivity index (χ2v) is 10.5. The molecule has 1 aromatic heterocycles. The van der Waals surface area contributed by atoms with E-state index < -0.39 is 11.9 Å². The van der Waals surface area contributed by atoms with Gasteiger partial charge in [-0.3, -0.25) is 19.3 Å². The van der Waals surface area contributed by atoms with Crippen LogP contribution in [0.5, 0.6) is 0 Å². The van der Waals surface area contributed by atoms with E-state index in [4.69, 9.17) is 0 Å². The number of pyridine rings is 1. The third kappa shape index (κ3) is 7.74. The first-order valence-electron chi connectivity index (χ1n) is 14.0. The summed E-state index contributed by atoms with van der Waals surface area (Å²) in [4.78, 5) is 45.9. The van der Waals surface area contributed by atoms with Crippen LogP contribution in [0.1, 0.15) is 74.1 Å². The Labute approximate surface area is 235 Å². The molecule has 1 atom stereocenters. The molecule has 210 valence electrons. The number of nitrogens with zero attached hydrogens (tertiary/aromatic N) is 2. The highest BCUT2D eigenvalue weighted by atomic mass is 19.1. The summed E-state index contributed by atoms with van der Waals surface area (Å²) < 4.78 is 13.9. The first kappa shape index (κ1) is 28.9. The number of hydrogen-bond acceptors (Lipinski definition) is 4. The molecule has 7 nitrogen and oxygen atoms in total. The van der Waals surface area contributed by atoms with Gasteiger partial charge in [0.2, 0.25) is 17.7 Å². The monoisotopic (exact) mass is 544 g/mol. The molecule has 3 aromatic rings. The van der Waals surface area contributed by atoms with E-state index in [2.05, 4.69) is 15.6 Å². The Kier molecular flexibility index (Phi) is 10.00. The largest absolute Gasteiger partial charge is 0.351 e. The van der Waals surface area contributed by atoms with Crippen molar-refractivity contribution in [1.82, 2.24) is 10.3 Å². The second-order valence-electron chi connectivity index (χ2n) is 10.5. The van der Waals surface area contributed by atoms with E-state index >= 15 is 0 Å². The standard InChI is InChI=1S/C32H37FN4O3/c1-22-14-19-27(23(2)21-22)37(30(39)13-8-12-29(38)36-28-11-6-7-20-34-28)31(24-15-17-25(33)18-16-24)32(40)35-26-9-4-3-5-10-26/h6-7,11,14-21,26,31H,3-5,8-10,12-13H2,1-2H3,(H,35,40)(H,34,36,38)/t31-/m0/s1. The van der Waals surface area contributed by atoms with Crippen LogP contribution >= 0.6 is 0 Å². The summed E-state index contributed by atoms with van der Waals surface area (Å²) in [6, 6.07) is 15.7. The minimum atomic E-state index is -0.987. The number of hydrogen-bond donors (Lipinski definition) is 2. The SMILES string of the molecule is Cc1ccc(N(C(=O)CCCC(=O)Nc2ccccn2)[C@H](C(=O)NC2CCCCC2)c2ccc(F)cc2)c(C)c1. The Morgan fingerprint density at radius 1 is 0.975 bits per heavy atom. The maximum Gasteiger partial charge on any atom is 0.248 e. The zero-order valence-electron chi connectivity index (χ0n) is 23.2. The molecule has 2 N–H and O–H groups in total. The van der Waals surface area contributed by atoms with Gasteiger partial charge in [-0.2, -0.15) is 0 Å². The molecular formula is C32H37FN4O3. The van der Waals surface area contributed by atoms with Gasteiger partial charge in [0, 0.05) is 30.8 Å². The normalized spacial score (nSPS) is 14.3. The van der Waals surface area contributed by atoms with Crippen LogP contribution < -0.4 is 15.5 Å². The number of nitrogens with one attached hydrogen (secondary N) is 2. The van der Waals surface area contributed by atoms with Crippen LogP contribution in [-0.2, 0) is 14.4 Å². The number of rotatable bonds is 10. The van der Waals surface area contributed by atoms with E-state index in [1.807, 2.05) is 32.0 Å². The van der Waals surface area contributed by atoms with Crippen LogP contribution in [0, 0.1) is 19.7 Å². The van der Waals surface area contributed by atoms with Crippen LogP contribution in [0.4, 0.5) is 15.9 Å². The lowest BCUT2D eigenvalue weighted by Crippen LogP contribution is -2.47. The Bertz CT molecular complexity index is 1310.